The lowest BCUT2D eigenvalue weighted by Crippen LogP contribution is -2.17. The molecule has 0 unspecified atom stereocenters. The summed E-state index contributed by atoms with van der Waals surface area (Å²) >= 11 is 7.17. The van der Waals surface area contributed by atoms with E-state index in [0.717, 1.165) is 36.3 Å². The zero-order valence-corrected chi connectivity index (χ0v) is 14.7. The van der Waals surface area contributed by atoms with Crippen molar-refractivity contribution in [2.45, 2.75) is 38.3 Å². The fraction of sp³-hybridized carbons (Fsp3) is 0.400. The Morgan fingerprint density at radius 2 is 2.22 bits per heavy atom. The molecule has 0 atom stereocenters. The molecule has 3 N–H and O–H groups in total. The van der Waals surface area contributed by atoms with Crippen LogP contribution >= 0.6 is 23.4 Å². The molecule has 124 valence electrons. The molecule has 1 aromatic heterocycles. The van der Waals surface area contributed by atoms with Gasteiger partial charge in [-0.1, -0.05) is 36.7 Å². The summed E-state index contributed by atoms with van der Waals surface area (Å²) in [4.78, 5) is 12.0. The molecule has 23 heavy (non-hydrogen) atoms. The van der Waals surface area contributed by atoms with Crippen LogP contribution in [0.15, 0.2) is 23.4 Å². The van der Waals surface area contributed by atoms with E-state index in [-0.39, 0.29) is 11.7 Å². The third kappa shape index (κ3) is 4.87. The summed E-state index contributed by atoms with van der Waals surface area (Å²) in [6, 6.07) is 5.34. The van der Waals surface area contributed by atoms with Gasteiger partial charge in [0.15, 0.2) is 5.82 Å². The maximum absolute atomic E-state index is 12.0. The second-order valence-corrected chi connectivity index (χ2v) is 6.55. The minimum absolute atomic E-state index is 0.126. The maximum Gasteiger partial charge on any atom is 0.234 e. The average Bonchev–Trinajstić information content (AvgIpc) is 2.86. The Kier molecular flexibility index (Phi) is 6.29. The summed E-state index contributed by atoms with van der Waals surface area (Å²) in [5.41, 5.74) is 1.66. The number of thioether (sulfide) groups is 1. The summed E-state index contributed by atoms with van der Waals surface area (Å²) in [7, 11) is 0. The molecule has 1 aromatic carbocycles. The molecule has 1 heterocycles. The van der Waals surface area contributed by atoms with Gasteiger partial charge in [-0.05, 0) is 37.1 Å². The molecule has 2 rings (SSSR count). The molecule has 0 saturated heterocycles. The van der Waals surface area contributed by atoms with Gasteiger partial charge in [0, 0.05) is 17.1 Å². The Balaban J connectivity index is 1.90. The number of hydrogen-bond donors (Lipinski definition) is 2. The first-order valence-electron chi connectivity index (χ1n) is 7.39. The number of unbranched alkanes of at least 4 members (excludes halogenated alkanes) is 1. The highest BCUT2D eigenvalue weighted by molar-refractivity contribution is 7.99. The van der Waals surface area contributed by atoms with Crippen LogP contribution in [0.2, 0.25) is 5.02 Å². The number of nitrogens with one attached hydrogen (secondary N) is 1. The van der Waals surface area contributed by atoms with E-state index in [1.165, 1.54) is 16.4 Å². The van der Waals surface area contributed by atoms with Crippen LogP contribution in [0.1, 0.15) is 31.2 Å². The molecule has 2 aromatic rings. The largest absolute Gasteiger partial charge is 0.336 e. The zero-order valence-electron chi connectivity index (χ0n) is 13.2. The maximum atomic E-state index is 12.0. The van der Waals surface area contributed by atoms with E-state index in [2.05, 4.69) is 22.4 Å². The smallest absolute Gasteiger partial charge is 0.234 e. The van der Waals surface area contributed by atoms with Crippen LogP contribution in [0.4, 0.5) is 5.69 Å². The predicted octanol–water partition coefficient (Wildman–Crippen LogP) is 3.03. The highest BCUT2D eigenvalue weighted by Crippen LogP contribution is 2.21. The van der Waals surface area contributed by atoms with Crippen molar-refractivity contribution in [3.63, 3.8) is 0 Å². The summed E-state index contributed by atoms with van der Waals surface area (Å²) in [6.45, 7) is 4.00. The first-order valence-corrected chi connectivity index (χ1v) is 8.75. The second-order valence-electron chi connectivity index (χ2n) is 5.17. The van der Waals surface area contributed by atoms with Crippen LogP contribution in [0.5, 0.6) is 0 Å². The SMILES string of the molecule is CCCCc1nnc(SCC(=O)Nc2ccc(Cl)cc2C)n1N. The van der Waals surface area contributed by atoms with Gasteiger partial charge in [0.1, 0.15) is 0 Å². The van der Waals surface area contributed by atoms with Crippen molar-refractivity contribution in [1.29, 1.82) is 0 Å². The van der Waals surface area contributed by atoms with E-state index in [1.54, 1.807) is 18.2 Å². The van der Waals surface area contributed by atoms with E-state index in [0.29, 0.717) is 10.2 Å². The van der Waals surface area contributed by atoms with Crippen molar-refractivity contribution >= 4 is 35.0 Å². The van der Waals surface area contributed by atoms with Gasteiger partial charge in [-0.15, -0.1) is 10.2 Å². The van der Waals surface area contributed by atoms with E-state index < -0.39 is 0 Å². The van der Waals surface area contributed by atoms with Crippen LogP contribution in [0, 0.1) is 6.92 Å². The number of benzene rings is 1. The van der Waals surface area contributed by atoms with Crippen LogP contribution in [-0.4, -0.2) is 26.5 Å². The number of carbonyl (C=O) groups is 1. The predicted molar refractivity (Wildman–Crippen MR) is 94.3 cm³/mol. The molecule has 0 saturated carbocycles. The Labute approximate surface area is 144 Å². The van der Waals surface area contributed by atoms with Crippen LogP contribution < -0.4 is 11.2 Å². The number of hydrogen-bond acceptors (Lipinski definition) is 5. The van der Waals surface area contributed by atoms with Gasteiger partial charge in [0.2, 0.25) is 11.1 Å². The van der Waals surface area contributed by atoms with Gasteiger partial charge < -0.3 is 11.2 Å². The Hall–Kier alpha value is -1.73. The molecule has 0 spiro atoms. The lowest BCUT2D eigenvalue weighted by molar-refractivity contribution is -0.113. The standard InChI is InChI=1S/C15H20ClN5OS/c1-3-4-5-13-19-20-15(21(13)17)23-9-14(22)18-12-7-6-11(16)8-10(12)2/h6-8H,3-5,9,17H2,1-2H3,(H,18,22). The molecular formula is C15H20ClN5OS. The number of rotatable bonds is 7. The summed E-state index contributed by atoms with van der Waals surface area (Å²) in [5, 5.41) is 12.1. The van der Waals surface area contributed by atoms with Crippen molar-refractivity contribution < 1.29 is 4.79 Å². The van der Waals surface area contributed by atoms with Crippen LogP contribution in [-0.2, 0) is 11.2 Å². The Morgan fingerprint density at radius 1 is 1.43 bits per heavy atom. The third-order valence-electron chi connectivity index (χ3n) is 3.28. The highest BCUT2D eigenvalue weighted by atomic mass is 35.5. The molecule has 0 fully saturated rings. The molecule has 0 aliphatic carbocycles. The number of aryl methyl sites for hydroxylation is 2. The van der Waals surface area contributed by atoms with Crippen molar-refractivity contribution in [2.24, 2.45) is 0 Å². The van der Waals surface area contributed by atoms with Crippen molar-refractivity contribution in [1.82, 2.24) is 14.9 Å². The van der Waals surface area contributed by atoms with Gasteiger partial charge in [-0.25, -0.2) is 4.68 Å². The second kappa shape index (κ2) is 8.21. The number of nitrogens with zero attached hydrogens (tertiary/aromatic N) is 3. The zero-order chi connectivity index (χ0) is 16.8. The highest BCUT2D eigenvalue weighted by Gasteiger charge is 2.12. The molecule has 0 aliphatic rings. The quantitative estimate of drug-likeness (QED) is 0.590. The number of anilines is 1. The molecule has 0 radical (unpaired) electrons. The number of carbonyl (C=O) groups excluding carboxylic acids is 1. The van der Waals surface area contributed by atoms with Gasteiger partial charge in [-0.2, -0.15) is 0 Å². The Morgan fingerprint density at radius 3 is 2.91 bits per heavy atom. The summed E-state index contributed by atoms with van der Waals surface area (Å²) in [6.07, 6.45) is 2.87. The molecule has 0 bridgehead atoms. The summed E-state index contributed by atoms with van der Waals surface area (Å²) < 4.78 is 1.46. The van der Waals surface area contributed by atoms with E-state index in [1.807, 2.05) is 6.92 Å². The van der Waals surface area contributed by atoms with E-state index >= 15 is 0 Å². The topological polar surface area (TPSA) is 85.8 Å². The lowest BCUT2D eigenvalue weighted by Gasteiger charge is -2.08. The fourth-order valence-corrected chi connectivity index (χ4v) is 2.90. The van der Waals surface area contributed by atoms with Crippen LogP contribution in [0.3, 0.4) is 0 Å². The molecule has 0 aliphatic heterocycles. The van der Waals surface area contributed by atoms with Crippen molar-refractivity contribution in [3.05, 3.63) is 34.6 Å². The van der Waals surface area contributed by atoms with Crippen LogP contribution in [0.25, 0.3) is 0 Å². The van der Waals surface area contributed by atoms with Crippen molar-refractivity contribution in [3.8, 4) is 0 Å². The molecule has 8 heteroatoms. The molecule has 1 amide bonds. The van der Waals surface area contributed by atoms with Gasteiger partial charge >= 0.3 is 0 Å². The molecular weight excluding hydrogens is 334 g/mol. The Bertz CT molecular complexity index is 689. The number of amides is 1. The minimum atomic E-state index is -0.126. The summed E-state index contributed by atoms with van der Waals surface area (Å²) in [5.74, 6) is 6.77. The fourth-order valence-electron chi connectivity index (χ4n) is 1.99. The minimum Gasteiger partial charge on any atom is -0.336 e. The van der Waals surface area contributed by atoms with E-state index in [4.69, 9.17) is 17.4 Å². The van der Waals surface area contributed by atoms with Gasteiger partial charge in [-0.3, -0.25) is 4.79 Å². The number of aromatic nitrogens is 3. The first kappa shape index (κ1) is 17.6. The number of nitrogen functional groups attached to an aromatic ring is 1. The van der Waals surface area contributed by atoms with Gasteiger partial charge in [0.25, 0.3) is 0 Å². The number of nitrogens with two attached hydrogens (primary N) is 1. The van der Waals surface area contributed by atoms with Gasteiger partial charge in [0.05, 0.1) is 5.75 Å². The molecule has 6 nitrogen and oxygen atoms in total. The first-order chi connectivity index (χ1) is 11.0. The number of halogens is 1. The normalized spacial score (nSPS) is 10.7. The average molecular weight is 354 g/mol. The monoisotopic (exact) mass is 353 g/mol. The van der Waals surface area contributed by atoms with Crippen molar-refractivity contribution in [2.75, 3.05) is 16.9 Å². The third-order valence-corrected chi connectivity index (χ3v) is 4.46. The lowest BCUT2D eigenvalue weighted by atomic mass is 10.2. The van der Waals surface area contributed by atoms with E-state index in [9.17, 15) is 4.79 Å².